The highest BCUT2D eigenvalue weighted by molar-refractivity contribution is 6.35. The topological polar surface area (TPSA) is 122 Å². The number of amides is 1. The van der Waals surface area contributed by atoms with Crippen LogP contribution in [-0.2, 0) is 19.1 Å². The van der Waals surface area contributed by atoms with Crippen LogP contribution in [0.2, 0.25) is 5.02 Å². The molecule has 0 bridgehead atoms. The molecule has 2 N–H and O–H groups in total. The Balaban J connectivity index is 1.82. The average Bonchev–Trinajstić information content (AvgIpc) is 2.88. The van der Waals surface area contributed by atoms with Crippen LogP contribution >= 0.6 is 11.6 Å². The van der Waals surface area contributed by atoms with Gasteiger partial charge < -0.3 is 19.9 Å². The first-order valence-corrected chi connectivity index (χ1v) is 12.0. The molecule has 198 valence electrons. The van der Waals surface area contributed by atoms with E-state index < -0.39 is 24.3 Å². The normalized spacial score (nSPS) is 11.3. The fraction of sp³-hybridized carbons (Fsp3) is 0.214. The summed E-state index contributed by atoms with van der Waals surface area (Å²) in [4.78, 5) is 49.5. The molecule has 0 aliphatic rings. The number of hydrogen-bond acceptors (Lipinski definition) is 7. The van der Waals surface area contributed by atoms with Crippen LogP contribution in [0.15, 0.2) is 66.7 Å². The van der Waals surface area contributed by atoms with Gasteiger partial charge in [-0.25, -0.2) is 9.69 Å². The van der Waals surface area contributed by atoms with E-state index in [9.17, 15) is 24.3 Å². The van der Waals surface area contributed by atoms with Crippen molar-refractivity contribution in [3.63, 3.8) is 0 Å². The Morgan fingerprint density at radius 1 is 0.947 bits per heavy atom. The van der Waals surface area contributed by atoms with Crippen LogP contribution in [0.25, 0.3) is 0 Å². The number of aryl methyl sites for hydroxylation is 1. The van der Waals surface area contributed by atoms with Crippen LogP contribution in [0.4, 0.5) is 21.9 Å². The molecule has 0 aliphatic heterocycles. The van der Waals surface area contributed by atoms with Crippen molar-refractivity contribution in [3.8, 4) is 0 Å². The minimum Gasteiger partial charge on any atom is -0.469 e. The molecule has 1 atom stereocenters. The maximum Gasteiger partial charge on any atom is 0.414 e. The van der Waals surface area contributed by atoms with Crippen molar-refractivity contribution in [1.29, 1.82) is 0 Å². The molecule has 10 heteroatoms. The SMILES string of the molecule is COC(=O)CCC(=O)OC(C)N(C(=O)O)c1ccccc1Nc1ccc(C(=O)c2ccccc2C)c(Cl)c1. The molecule has 0 spiro atoms. The van der Waals surface area contributed by atoms with E-state index in [1.54, 1.807) is 54.6 Å². The van der Waals surface area contributed by atoms with Crippen molar-refractivity contribution >= 4 is 52.5 Å². The Hall–Kier alpha value is -4.37. The Bertz CT molecular complexity index is 1360. The molecule has 0 saturated heterocycles. The van der Waals surface area contributed by atoms with Gasteiger partial charge in [0.05, 0.1) is 36.3 Å². The number of anilines is 3. The molecule has 0 heterocycles. The van der Waals surface area contributed by atoms with Crippen molar-refractivity contribution in [1.82, 2.24) is 0 Å². The predicted molar refractivity (Wildman–Crippen MR) is 143 cm³/mol. The third kappa shape index (κ3) is 6.89. The van der Waals surface area contributed by atoms with Crippen LogP contribution in [0.3, 0.4) is 0 Å². The van der Waals surface area contributed by atoms with E-state index in [0.29, 0.717) is 22.5 Å². The number of esters is 2. The van der Waals surface area contributed by atoms with Gasteiger partial charge in [0.2, 0.25) is 0 Å². The van der Waals surface area contributed by atoms with Gasteiger partial charge >= 0.3 is 18.0 Å². The van der Waals surface area contributed by atoms with E-state index in [2.05, 4.69) is 10.1 Å². The molecule has 0 aliphatic carbocycles. The molecule has 0 radical (unpaired) electrons. The van der Waals surface area contributed by atoms with Gasteiger partial charge in [0, 0.05) is 16.8 Å². The number of hydrogen-bond donors (Lipinski definition) is 2. The Morgan fingerprint density at radius 3 is 2.26 bits per heavy atom. The highest BCUT2D eigenvalue weighted by Gasteiger charge is 2.27. The van der Waals surface area contributed by atoms with E-state index in [-0.39, 0.29) is 29.3 Å². The molecule has 0 aromatic heterocycles. The fourth-order valence-electron chi connectivity index (χ4n) is 3.76. The van der Waals surface area contributed by atoms with Crippen LogP contribution in [0.5, 0.6) is 0 Å². The first kappa shape index (κ1) is 28.2. The van der Waals surface area contributed by atoms with E-state index in [0.717, 1.165) is 10.5 Å². The number of benzene rings is 3. The first-order chi connectivity index (χ1) is 18.1. The highest BCUT2D eigenvalue weighted by atomic mass is 35.5. The average molecular weight is 539 g/mol. The molecular formula is C28H27ClN2O7. The maximum atomic E-state index is 13.0. The van der Waals surface area contributed by atoms with Gasteiger partial charge in [-0.15, -0.1) is 0 Å². The molecule has 1 amide bonds. The van der Waals surface area contributed by atoms with Gasteiger partial charge in [0.25, 0.3) is 0 Å². The minimum atomic E-state index is -1.36. The number of para-hydroxylation sites is 2. The number of carbonyl (C=O) groups is 4. The van der Waals surface area contributed by atoms with E-state index in [1.807, 2.05) is 19.1 Å². The number of carbonyl (C=O) groups excluding carboxylic acids is 3. The lowest BCUT2D eigenvalue weighted by atomic mass is 9.99. The molecule has 38 heavy (non-hydrogen) atoms. The van der Waals surface area contributed by atoms with Gasteiger partial charge in [-0.05, 0) is 49.7 Å². The summed E-state index contributed by atoms with van der Waals surface area (Å²) >= 11 is 6.46. The Morgan fingerprint density at radius 2 is 1.61 bits per heavy atom. The Kier molecular flexibility index (Phi) is 9.45. The fourth-order valence-corrected chi connectivity index (χ4v) is 4.02. The Labute approximate surface area is 224 Å². The second-order valence-corrected chi connectivity index (χ2v) is 8.71. The molecule has 1 unspecified atom stereocenters. The van der Waals surface area contributed by atoms with E-state index >= 15 is 0 Å². The summed E-state index contributed by atoms with van der Waals surface area (Å²) in [6, 6.07) is 18.6. The maximum absolute atomic E-state index is 13.0. The lowest BCUT2D eigenvalue weighted by Crippen LogP contribution is -2.41. The predicted octanol–water partition coefficient (Wildman–Crippen LogP) is 5.95. The molecule has 3 rings (SSSR count). The van der Waals surface area contributed by atoms with Gasteiger partial charge in [-0.3, -0.25) is 14.4 Å². The number of nitrogens with one attached hydrogen (secondary N) is 1. The van der Waals surface area contributed by atoms with Crippen molar-refractivity contribution in [2.24, 2.45) is 0 Å². The molecule has 9 nitrogen and oxygen atoms in total. The lowest BCUT2D eigenvalue weighted by Gasteiger charge is -2.28. The van der Waals surface area contributed by atoms with Crippen molar-refractivity contribution in [3.05, 3.63) is 88.4 Å². The summed E-state index contributed by atoms with van der Waals surface area (Å²) in [5.74, 6) is -1.54. The summed E-state index contributed by atoms with van der Waals surface area (Å²) in [5.41, 5.74) is 2.83. The summed E-state index contributed by atoms with van der Waals surface area (Å²) in [7, 11) is 1.20. The summed E-state index contributed by atoms with van der Waals surface area (Å²) in [5, 5.41) is 13.2. The number of ether oxygens (including phenoxy) is 2. The molecule has 3 aromatic carbocycles. The standard InChI is InChI=1S/C28H27ClN2O7/c1-17-8-4-5-9-20(17)27(34)21-13-12-19(16-22(21)29)30-23-10-6-7-11-24(23)31(28(35)36)18(2)38-26(33)15-14-25(32)37-3/h4-13,16,18,30H,14-15H2,1-3H3,(H,35,36). The van der Waals surface area contributed by atoms with Gasteiger partial charge in [-0.2, -0.15) is 0 Å². The van der Waals surface area contributed by atoms with Gasteiger partial charge in [-0.1, -0.05) is 48.0 Å². The van der Waals surface area contributed by atoms with Crippen molar-refractivity contribution < 1.29 is 33.8 Å². The monoisotopic (exact) mass is 538 g/mol. The third-order valence-corrected chi connectivity index (χ3v) is 5.99. The van der Waals surface area contributed by atoms with E-state index in [1.165, 1.54) is 14.0 Å². The number of nitrogens with zero attached hydrogens (tertiary/aromatic N) is 1. The molecule has 0 fully saturated rings. The largest absolute Gasteiger partial charge is 0.469 e. The second kappa shape index (κ2) is 12.7. The zero-order valence-electron chi connectivity index (χ0n) is 21.1. The first-order valence-electron chi connectivity index (χ1n) is 11.7. The van der Waals surface area contributed by atoms with E-state index in [4.69, 9.17) is 16.3 Å². The zero-order chi connectivity index (χ0) is 27.8. The smallest absolute Gasteiger partial charge is 0.414 e. The van der Waals surface area contributed by atoms with Gasteiger partial charge in [0.1, 0.15) is 0 Å². The summed E-state index contributed by atoms with van der Waals surface area (Å²) in [6.45, 7) is 3.25. The third-order valence-electron chi connectivity index (χ3n) is 5.68. The summed E-state index contributed by atoms with van der Waals surface area (Å²) in [6.07, 6.45) is -2.99. The molecule has 3 aromatic rings. The minimum absolute atomic E-state index is 0.184. The van der Waals surface area contributed by atoms with Crippen molar-refractivity contribution in [2.45, 2.75) is 32.9 Å². The quantitative estimate of drug-likeness (QED) is 0.184. The highest BCUT2D eigenvalue weighted by Crippen LogP contribution is 2.32. The summed E-state index contributed by atoms with van der Waals surface area (Å²) < 4.78 is 9.75. The number of carboxylic acid groups (broad SMARTS) is 1. The lowest BCUT2D eigenvalue weighted by molar-refractivity contribution is -0.151. The number of halogens is 1. The van der Waals surface area contributed by atoms with Crippen molar-refractivity contribution in [2.75, 3.05) is 17.3 Å². The second-order valence-electron chi connectivity index (χ2n) is 8.30. The molecule has 0 saturated carbocycles. The van der Waals surface area contributed by atoms with Crippen LogP contribution in [0, 0.1) is 6.92 Å². The number of ketones is 1. The van der Waals surface area contributed by atoms with Gasteiger partial charge in [0.15, 0.2) is 12.0 Å². The zero-order valence-corrected chi connectivity index (χ0v) is 21.8. The number of rotatable bonds is 10. The number of methoxy groups -OCH3 is 1. The van der Waals surface area contributed by atoms with Crippen LogP contribution in [0.1, 0.15) is 41.3 Å². The van der Waals surface area contributed by atoms with Crippen LogP contribution < -0.4 is 10.2 Å². The van der Waals surface area contributed by atoms with Crippen LogP contribution in [-0.4, -0.2) is 42.3 Å². The molecular weight excluding hydrogens is 512 g/mol.